The van der Waals surface area contributed by atoms with Crippen molar-refractivity contribution in [3.05, 3.63) is 53.5 Å². The van der Waals surface area contributed by atoms with E-state index < -0.39 is 18.7 Å². The predicted octanol–water partition coefficient (Wildman–Crippen LogP) is 4.36. The molecule has 0 unspecified atom stereocenters. The van der Waals surface area contributed by atoms with E-state index in [1.54, 1.807) is 29.6 Å². The Morgan fingerprint density at radius 1 is 1.10 bits per heavy atom. The number of halogens is 3. The van der Waals surface area contributed by atoms with Gasteiger partial charge in [-0.3, -0.25) is 14.9 Å². The number of rotatable bonds is 6. The number of alkyl halides is 3. The van der Waals surface area contributed by atoms with Crippen molar-refractivity contribution in [2.24, 2.45) is 0 Å². The van der Waals surface area contributed by atoms with Crippen LogP contribution in [-0.4, -0.2) is 34.6 Å². The molecule has 0 aliphatic carbocycles. The molecule has 0 radical (unpaired) electrons. The second kappa shape index (κ2) is 8.91. The van der Waals surface area contributed by atoms with Crippen LogP contribution in [0.4, 0.5) is 24.0 Å². The number of hydrogen-bond acceptors (Lipinski definition) is 6. The van der Waals surface area contributed by atoms with Crippen molar-refractivity contribution in [3.63, 3.8) is 0 Å². The van der Waals surface area contributed by atoms with Gasteiger partial charge in [-0.2, -0.15) is 13.2 Å². The molecule has 0 fully saturated rings. The van der Waals surface area contributed by atoms with E-state index in [0.717, 1.165) is 11.8 Å². The summed E-state index contributed by atoms with van der Waals surface area (Å²) in [6.45, 7) is -0.0405. The average molecular weight is 436 g/mol. The van der Waals surface area contributed by atoms with Crippen LogP contribution < -0.4 is 15.4 Å². The van der Waals surface area contributed by atoms with Crippen LogP contribution >= 0.6 is 11.3 Å². The Kier molecular flexibility index (Phi) is 6.31. The zero-order chi connectivity index (χ0) is 21.7. The molecule has 0 bridgehead atoms. The van der Waals surface area contributed by atoms with Gasteiger partial charge in [0.1, 0.15) is 0 Å². The van der Waals surface area contributed by atoms with Crippen LogP contribution in [0, 0.1) is 0 Å². The molecule has 3 rings (SSSR count). The van der Waals surface area contributed by atoms with Crippen LogP contribution in [0.1, 0.15) is 17.3 Å². The van der Waals surface area contributed by atoms with Gasteiger partial charge in [0, 0.05) is 35.8 Å². The summed E-state index contributed by atoms with van der Waals surface area (Å²) in [6, 6.07) is 9.55. The molecule has 7 nitrogen and oxygen atoms in total. The predicted molar refractivity (Wildman–Crippen MR) is 106 cm³/mol. The molecule has 2 aromatic heterocycles. The molecule has 11 heteroatoms. The number of carbonyl (C=O) groups is 2. The summed E-state index contributed by atoms with van der Waals surface area (Å²) in [5.41, 5.74) is 2.24. The van der Waals surface area contributed by atoms with Crippen molar-refractivity contribution >= 4 is 34.0 Å². The Balaban J connectivity index is 1.61. The summed E-state index contributed by atoms with van der Waals surface area (Å²) in [5.74, 6) is -0.911. The lowest BCUT2D eigenvalue weighted by Crippen LogP contribution is -2.19. The first-order valence-corrected chi connectivity index (χ1v) is 9.38. The van der Waals surface area contributed by atoms with Crippen molar-refractivity contribution in [2.75, 3.05) is 17.2 Å². The van der Waals surface area contributed by atoms with Gasteiger partial charge in [0.2, 0.25) is 11.8 Å². The van der Waals surface area contributed by atoms with Gasteiger partial charge in [0.15, 0.2) is 11.7 Å². The Labute approximate surface area is 172 Å². The SMILES string of the molecule is CC(=O)Nc1ccc(-c2csc(NC(=O)c3ccc(OCC(F)(F)F)nc3)n2)cc1. The Hall–Kier alpha value is -3.47. The van der Waals surface area contributed by atoms with Gasteiger partial charge in [-0.1, -0.05) is 12.1 Å². The summed E-state index contributed by atoms with van der Waals surface area (Å²) in [4.78, 5) is 31.4. The van der Waals surface area contributed by atoms with E-state index in [9.17, 15) is 22.8 Å². The van der Waals surface area contributed by atoms with Gasteiger partial charge < -0.3 is 10.1 Å². The number of carbonyl (C=O) groups excluding carboxylic acids is 2. The second-order valence-electron chi connectivity index (χ2n) is 6.04. The highest BCUT2D eigenvalue weighted by atomic mass is 32.1. The molecule has 1 aromatic carbocycles. The summed E-state index contributed by atoms with van der Waals surface area (Å²) < 4.78 is 40.9. The molecule has 0 spiro atoms. The van der Waals surface area contributed by atoms with E-state index in [1.807, 2.05) is 0 Å². The van der Waals surface area contributed by atoms with Gasteiger partial charge in [0.25, 0.3) is 5.91 Å². The third kappa shape index (κ3) is 6.01. The molecule has 3 aromatic rings. The average Bonchev–Trinajstić information content (AvgIpc) is 3.15. The van der Waals surface area contributed by atoms with E-state index in [-0.39, 0.29) is 17.4 Å². The molecule has 2 amide bonds. The number of aromatic nitrogens is 2. The second-order valence-corrected chi connectivity index (χ2v) is 6.90. The zero-order valence-electron chi connectivity index (χ0n) is 15.5. The molecule has 156 valence electrons. The van der Waals surface area contributed by atoms with E-state index in [2.05, 4.69) is 25.3 Å². The fourth-order valence-corrected chi connectivity index (χ4v) is 3.03. The standard InChI is InChI=1S/C19H15F3N4O3S/c1-11(27)24-14-5-2-12(3-6-14)15-9-30-18(25-15)26-17(28)13-4-7-16(23-8-13)29-10-19(20,21)22/h2-9H,10H2,1H3,(H,24,27)(H,25,26,28). The molecule has 0 atom stereocenters. The molecular formula is C19H15F3N4O3S. The molecule has 0 saturated carbocycles. The topological polar surface area (TPSA) is 93.2 Å². The molecular weight excluding hydrogens is 421 g/mol. The van der Waals surface area contributed by atoms with E-state index >= 15 is 0 Å². The first-order valence-electron chi connectivity index (χ1n) is 8.50. The minimum Gasteiger partial charge on any atom is -0.468 e. The number of amides is 2. The van der Waals surface area contributed by atoms with Crippen molar-refractivity contribution in [1.29, 1.82) is 0 Å². The smallest absolute Gasteiger partial charge is 0.422 e. The minimum absolute atomic E-state index is 0.144. The van der Waals surface area contributed by atoms with Crippen LogP contribution in [0.15, 0.2) is 48.0 Å². The molecule has 0 aliphatic heterocycles. The van der Waals surface area contributed by atoms with Crippen molar-refractivity contribution in [3.8, 4) is 17.1 Å². The van der Waals surface area contributed by atoms with Gasteiger partial charge in [0.05, 0.1) is 11.3 Å². The highest BCUT2D eigenvalue weighted by Crippen LogP contribution is 2.26. The largest absolute Gasteiger partial charge is 0.468 e. The first kappa shape index (κ1) is 21.2. The number of anilines is 2. The fourth-order valence-electron chi connectivity index (χ4n) is 2.32. The monoisotopic (exact) mass is 436 g/mol. The lowest BCUT2D eigenvalue weighted by molar-refractivity contribution is -0.154. The van der Waals surface area contributed by atoms with Crippen LogP contribution in [-0.2, 0) is 4.79 Å². The summed E-state index contributed by atoms with van der Waals surface area (Å²) in [5, 5.41) is 7.39. The highest BCUT2D eigenvalue weighted by Gasteiger charge is 2.28. The first-order chi connectivity index (χ1) is 14.2. The molecule has 2 heterocycles. The minimum atomic E-state index is -4.47. The third-order valence-corrected chi connectivity index (χ3v) is 4.37. The Morgan fingerprint density at radius 2 is 1.83 bits per heavy atom. The van der Waals surface area contributed by atoms with Crippen molar-refractivity contribution < 1.29 is 27.5 Å². The maximum Gasteiger partial charge on any atom is 0.422 e. The number of nitrogens with one attached hydrogen (secondary N) is 2. The maximum absolute atomic E-state index is 12.3. The van der Waals surface area contributed by atoms with Crippen LogP contribution in [0.2, 0.25) is 0 Å². The highest BCUT2D eigenvalue weighted by molar-refractivity contribution is 7.14. The molecule has 0 aliphatic rings. The number of ether oxygens (including phenoxy) is 1. The third-order valence-electron chi connectivity index (χ3n) is 3.61. The quantitative estimate of drug-likeness (QED) is 0.599. The number of hydrogen-bond donors (Lipinski definition) is 2. The number of pyridine rings is 1. The van der Waals surface area contributed by atoms with E-state index in [1.165, 1.54) is 30.4 Å². The molecule has 0 saturated heterocycles. The number of thiazole rings is 1. The normalized spacial score (nSPS) is 11.1. The summed E-state index contributed by atoms with van der Waals surface area (Å²) >= 11 is 1.21. The van der Waals surface area contributed by atoms with Gasteiger partial charge >= 0.3 is 6.18 Å². The number of nitrogens with zero attached hydrogens (tertiary/aromatic N) is 2. The maximum atomic E-state index is 12.3. The van der Waals surface area contributed by atoms with Gasteiger partial charge in [-0.05, 0) is 18.2 Å². The lowest BCUT2D eigenvalue weighted by Gasteiger charge is -2.08. The van der Waals surface area contributed by atoms with Crippen molar-refractivity contribution in [2.45, 2.75) is 13.1 Å². The lowest BCUT2D eigenvalue weighted by atomic mass is 10.1. The van der Waals surface area contributed by atoms with Crippen LogP contribution in [0.25, 0.3) is 11.3 Å². The fraction of sp³-hybridized carbons (Fsp3) is 0.158. The van der Waals surface area contributed by atoms with Crippen molar-refractivity contribution in [1.82, 2.24) is 9.97 Å². The van der Waals surface area contributed by atoms with E-state index in [0.29, 0.717) is 16.5 Å². The van der Waals surface area contributed by atoms with Crippen LogP contribution in [0.3, 0.4) is 0 Å². The molecule has 2 N–H and O–H groups in total. The molecule has 30 heavy (non-hydrogen) atoms. The van der Waals surface area contributed by atoms with Gasteiger partial charge in [-0.15, -0.1) is 11.3 Å². The number of benzene rings is 1. The zero-order valence-corrected chi connectivity index (χ0v) is 16.3. The summed E-state index contributed by atoms with van der Waals surface area (Å²) in [7, 11) is 0. The van der Waals surface area contributed by atoms with Crippen LogP contribution in [0.5, 0.6) is 5.88 Å². The Morgan fingerprint density at radius 3 is 2.43 bits per heavy atom. The van der Waals surface area contributed by atoms with E-state index in [4.69, 9.17) is 0 Å². The summed E-state index contributed by atoms with van der Waals surface area (Å²) in [6.07, 6.45) is -3.35. The Bertz CT molecular complexity index is 1030. The van der Waals surface area contributed by atoms with Gasteiger partial charge in [-0.25, -0.2) is 9.97 Å².